The highest BCUT2D eigenvalue weighted by molar-refractivity contribution is 14.1. The van der Waals surface area contributed by atoms with Crippen LogP contribution in [-0.4, -0.2) is 20.2 Å². The molecule has 5 nitrogen and oxygen atoms in total. The summed E-state index contributed by atoms with van der Waals surface area (Å²) in [5.41, 5.74) is 2.26. The molecule has 116 valence electrons. The SMILES string of the molecule is Clc1ccccc1[C@H]1C[C@@H](c2ccc(I)cc2)Nc2nnnn21. The molecule has 0 saturated carbocycles. The van der Waals surface area contributed by atoms with E-state index in [2.05, 4.69) is 67.7 Å². The minimum atomic E-state index is 0.0132. The molecular weight excluding hydrogens is 425 g/mol. The molecule has 2 aromatic carbocycles. The van der Waals surface area contributed by atoms with Crippen LogP contribution in [-0.2, 0) is 0 Å². The lowest BCUT2D eigenvalue weighted by molar-refractivity contribution is 0.424. The Kier molecular flexibility index (Phi) is 3.94. The first-order valence-electron chi connectivity index (χ1n) is 7.26. The molecule has 1 aliphatic heterocycles. The summed E-state index contributed by atoms with van der Waals surface area (Å²) in [4.78, 5) is 0. The Morgan fingerprint density at radius 3 is 2.70 bits per heavy atom. The number of fused-ring (bicyclic) bond motifs is 1. The van der Waals surface area contributed by atoms with E-state index in [4.69, 9.17) is 11.6 Å². The lowest BCUT2D eigenvalue weighted by atomic mass is 9.93. The van der Waals surface area contributed by atoms with Gasteiger partial charge in [-0.3, -0.25) is 0 Å². The standard InChI is InChI=1S/C16H13ClIN5/c17-13-4-2-1-3-12(13)15-9-14(10-5-7-11(18)8-6-10)19-16-20-21-22-23(15)16/h1-8,14-15H,9H2,(H,19,20,22)/t14-,15+/m0/s1. The molecule has 0 fully saturated rings. The zero-order valence-corrected chi connectivity index (χ0v) is 14.9. The van der Waals surface area contributed by atoms with E-state index in [1.807, 2.05) is 28.9 Å². The zero-order chi connectivity index (χ0) is 15.8. The lowest BCUT2D eigenvalue weighted by Crippen LogP contribution is -2.28. The molecule has 0 unspecified atom stereocenters. The summed E-state index contributed by atoms with van der Waals surface area (Å²) in [6.07, 6.45) is 0.836. The first-order chi connectivity index (χ1) is 11.2. The van der Waals surface area contributed by atoms with Crippen LogP contribution in [0.4, 0.5) is 5.95 Å². The molecule has 23 heavy (non-hydrogen) atoms. The van der Waals surface area contributed by atoms with Crippen LogP contribution >= 0.6 is 34.2 Å². The average molecular weight is 438 g/mol. The van der Waals surface area contributed by atoms with Crippen molar-refractivity contribution in [3.63, 3.8) is 0 Å². The fourth-order valence-electron chi connectivity index (χ4n) is 2.96. The number of nitrogens with zero attached hydrogens (tertiary/aromatic N) is 4. The lowest BCUT2D eigenvalue weighted by Gasteiger charge is -2.31. The van der Waals surface area contributed by atoms with Gasteiger partial charge >= 0.3 is 0 Å². The number of nitrogens with one attached hydrogen (secondary N) is 1. The number of aromatic nitrogens is 4. The molecule has 0 amide bonds. The Hall–Kier alpha value is -1.67. The van der Waals surface area contributed by atoms with E-state index in [1.165, 1.54) is 9.13 Å². The second kappa shape index (κ2) is 6.09. The quantitative estimate of drug-likeness (QED) is 0.614. The molecule has 7 heteroatoms. The highest BCUT2D eigenvalue weighted by atomic mass is 127. The molecule has 1 aromatic heterocycles. The van der Waals surface area contributed by atoms with Crippen LogP contribution in [0.3, 0.4) is 0 Å². The van der Waals surface area contributed by atoms with Crippen molar-refractivity contribution in [2.75, 3.05) is 5.32 Å². The van der Waals surface area contributed by atoms with Crippen molar-refractivity contribution >= 4 is 40.1 Å². The maximum absolute atomic E-state index is 6.40. The van der Waals surface area contributed by atoms with Gasteiger partial charge in [0.25, 0.3) is 0 Å². The molecule has 3 aromatic rings. The second-order valence-corrected chi connectivity index (χ2v) is 7.12. The molecular formula is C16H13ClIN5. The van der Waals surface area contributed by atoms with E-state index in [0.717, 1.165) is 17.0 Å². The Balaban J connectivity index is 1.75. The highest BCUT2D eigenvalue weighted by Crippen LogP contribution is 2.39. The normalized spacial score (nSPS) is 19.9. The van der Waals surface area contributed by atoms with Crippen molar-refractivity contribution in [1.82, 2.24) is 20.2 Å². The van der Waals surface area contributed by atoms with Gasteiger partial charge in [-0.05, 0) is 68.8 Å². The van der Waals surface area contributed by atoms with E-state index < -0.39 is 0 Å². The largest absolute Gasteiger partial charge is 0.346 e. The van der Waals surface area contributed by atoms with Gasteiger partial charge in [-0.2, -0.15) is 0 Å². The predicted molar refractivity (Wildman–Crippen MR) is 97.5 cm³/mol. The molecule has 1 aliphatic rings. The van der Waals surface area contributed by atoms with Crippen LogP contribution in [0.5, 0.6) is 0 Å². The number of hydrogen-bond donors (Lipinski definition) is 1. The molecule has 0 radical (unpaired) electrons. The van der Waals surface area contributed by atoms with Crippen LogP contribution in [0.2, 0.25) is 5.02 Å². The van der Waals surface area contributed by atoms with Gasteiger partial charge in [0, 0.05) is 8.59 Å². The van der Waals surface area contributed by atoms with Gasteiger partial charge < -0.3 is 5.32 Å². The topological polar surface area (TPSA) is 55.6 Å². The molecule has 2 atom stereocenters. The highest BCUT2D eigenvalue weighted by Gasteiger charge is 2.31. The van der Waals surface area contributed by atoms with Crippen molar-refractivity contribution in [1.29, 1.82) is 0 Å². The van der Waals surface area contributed by atoms with E-state index in [1.54, 1.807) is 0 Å². The third-order valence-corrected chi connectivity index (χ3v) is 5.15. The van der Waals surface area contributed by atoms with Crippen molar-refractivity contribution in [2.45, 2.75) is 18.5 Å². The number of benzene rings is 2. The number of halogens is 2. The van der Waals surface area contributed by atoms with Crippen LogP contribution in [0.15, 0.2) is 48.5 Å². The van der Waals surface area contributed by atoms with Gasteiger partial charge in [0.2, 0.25) is 5.95 Å². The summed E-state index contributed by atoms with van der Waals surface area (Å²) in [6.45, 7) is 0. The molecule has 0 saturated heterocycles. The Labute approximate surface area is 152 Å². The van der Waals surface area contributed by atoms with E-state index in [-0.39, 0.29) is 12.1 Å². The number of tetrazole rings is 1. The monoisotopic (exact) mass is 437 g/mol. The van der Waals surface area contributed by atoms with Crippen LogP contribution in [0.25, 0.3) is 0 Å². The second-order valence-electron chi connectivity index (χ2n) is 5.47. The van der Waals surface area contributed by atoms with Crippen molar-refractivity contribution in [3.8, 4) is 0 Å². The summed E-state index contributed by atoms with van der Waals surface area (Å²) in [7, 11) is 0. The van der Waals surface area contributed by atoms with E-state index >= 15 is 0 Å². The van der Waals surface area contributed by atoms with E-state index in [0.29, 0.717) is 5.95 Å². The summed E-state index contributed by atoms with van der Waals surface area (Å²) in [5.74, 6) is 0.671. The Morgan fingerprint density at radius 1 is 1.13 bits per heavy atom. The van der Waals surface area contributed by atoms with Gasteiger partial charge in [-0.15, -0.1) is 0 Å². The Morgan fingerprint density at radius 2 is 1.91 bits per heavy atom. The maximum Gasteiger partial charge on any atom is 0.243 e. The fraction of sp³-hybridized carbons (Fsp3) is 0.188. The minimum absolute atomic E-state index is 0.0132. The van der Waals surface area contributed by atoms with Crippen LogP contribution < -0.4 is 5.32 Å². The summed E-state index contributed by atoms with van der Waals surface area (Å²) < 4.78 is 3.03. The van der Waals surface area contributed by atoms with Gasteiger partial charge in [-0.25, -0.2) is 4.68 Å². The third kappa shape index (κ3) is 2.81. The number of anilines is 1. The summed E-state index contributed by atoms with van der Waals surface area (Å²) in [6, 6.07) is 16.5. The van der Waals surface area contributed by atoms with Crippen LogP contribution in [0, 0.1) is 3.57 Å². The smallest absolute Gasteiger partial charge is 0.243 e. The van der Waals surface area contributed by atoms with Gasteiger partial charge in [0.05, 0.1) is 12.1 Å². The summed E-state index contributed by atoms with van der Waals surface area (Å²) in [5, 5.41) is 16.2. The first-order valence-corrected chi connectivity index (χ1v) is 8.72. The van der Waals surface area contributed by atoms with Gasteiger partial charge in [0.15, 0.2) is 0 Å². The predicted octanol–water partition coefficient (Wildman–Crippen LogP) is 4.08. The fourth-order valence-corrected chi connectivity index (χ4v) is 3.58. The average Bonchev–Trinajstić information content (AvgIpc) is 3.04. The van der Waals surface area contributed by atoms with Crippen molar-refractivity contribution in [2.24, 2.45) is 0 Å². The molecule has 0 bridgehead atoms. The third-order valence-electron chi connectivity index (χ3n) is 4.09. The van der Waals surface area contributed by atoms with E-state index in [9.17, 15) is 0 Å². The molecule has 0 spiro atoms. The minimum Gasteiger partial charge on any atom is -0.346 e. The number of hydrogen-bond acceptors (Lipinski definition) is 4. The van der Waals surface area contributed by atoms with Crippen molar-refractivity contribution in [3.05, 3.63) is 68.3 Å². The first kappa shape index (κ1) is 14.9. The molecule has 4 rings (SSSR count). The molecule has 1 N–H and O–H groups in total. The van der Waals surface area contributed by atoms with Gasteiger partial charge in [-0.1, -0.05) is 47.0 Å². The number of rotatable bonds is 2. The Bertz CT molecular complexity index is 832. The van der Waals surface area contributed by atoms with Gasteiger partial charge in [0.1, 0.15) is 0 Å². The van der Waals surface area contributed by atoms with Crippen LogP contribution in [0.1, 0.15) is 29.6 Å². The molecule has 2 heterocycles. The van der Waals surface area contributed by atoms with Crippen molar-refractivity contribution < 1.29 is 0 Å². The zero-order valence-electron chi connectivity index (χ0n) is 12.0. The molecule has 0 aliphatic carbocycles. The maximum atomic E-state index is 6.40. The summed E-state index contributed by atoms with van der Waals surface area (Å²) >= 11 is 8.71.